The fraction of sp³-hybridized carbons (Fsp3) is 0.417. The second-order valence-electron chi connectivity index (χ2n) is 9.84. The summed E-state index contributed by atoms with van der Waals surface area (Å²) in [4.78, 5) is 17.4. The fourth-order valence-electron chi connectivity index (χ4n) is 4.53. The fourth-order valence-corrected chi connectivity index (χ4v) is 6.97. The van der Waals surface area contributed by atoms with Crippen LogP contribution in [0.15, 0.2) is 47.5 Å². The second kappa shape index (κ2) is 8.27. The van der Waals surface area contributed by atoms with Gasteiger partial charge in [0.25, 0.3) is 0 Å². The van der Waals surface area contributed by atoms with Crippen LogP contribution >= 0.6 is 0 Å². The number of carbonyl (C=O) groups is 1. The third-order valence-electron chi connectivity index (χ3n) is 6.30. The molecule has 1 amide bonds. The van der Waals surface area contributed by atoms with E-state index in [1.165, 1.54) is 31.2 Å². The molecule has 2 aromatic rings. The second-order valence-corrected chi connectivity index (χ2v) is 12.3. The van der Waals surface area contributed by atoms with E-state index in [0.717, 1.165) is 18.2 Å². The van der Waals surface area contributed by atoms with Crippen LogP contribution in [0.1, 0.15) is 38.8 Å². The first-order valence-electron chi connectivity index (χ1n) is 10.9. The van der Waals surface area contributed by atoms with Crippen molar-refractivity contribution in [2.75, 3.05) is 18.9 Å². The number of rotatable bonds is 2. The van der Waals surface area contributed by atoms with Gasteiger partial charge in [0.05, 0.1) is 13.2 Å². The number of ether oxygens (including phenoxy) is 2. The topological polar surface area (TPSA) is 120 Å². The highest BCUT2D eigenvalue weighted by atomic mass is 32.2. The molecule has 2 aliphatic rings. The van der Waals surface area contributed by atoms with Gasteiger partial charge in [-0.05, 0) is 63.6 Å². The zero-order valence-corrected chi connectivity index (χ0v) is 20.6. The van der Waals surface area contributed by atoms with Gasteiger partial charge >= 0.3 is 6.09 Å². The van der Waals surface area contributed by atoms with E-state index in [1.807, 2.05) is 0 Å². The molecule has 0 saturated carbocycles. The Labute approximate surface area is 202 Å². The zero-order valence-electron chi connectivity index (χ0n) is 19.8. The summed E-state index contributed by atoms with van der Waals surface area (Å²) in [5.41, 5.74) is 3.62. The van der Waals surface area contributed by atoms with Crippen LogP contribution in [0.2, 0.25) is 0 Å². The predicted octanol–water partition coefficient (Wildman–Crippen LogP) is 3.41. The van der Waals surface area contributed by atoms with E-state index in [1.54, 1.807) is 20.8 Å². The average Bonchev–Trinajstić information content (AvgIpc) is 3.18. The molecule has 2 heterocycles. The minimum Gasteiger partial charge on any atom is -0.444 e. The van der Waals surface area contributed by atoms with Crippen molar-refractivity contribution in [2.45, 2.75) is 48.8 Å². The molecule has 0 bridgehead atoms. The Morgan fingerprint density at radius 1 is 1.20 bits per heavy atom. The van der Waals surface area contributed by atoms with Gasteiger partial charge in [0.2, 0.25) is 0 Å². The van der Waals surface area contributed by atoms with Crippen molar-refractivity contribution >= 4 is 27.5 Å². The Kier molecular flexibility index (Phi) is 5.92. The number of amides is 1. The van der Waals surface area contributed by atoms with E-state index in [2.05, 4.69) is 10.3 Å². The van der Waals surface area contributed by atoms with Crippen LogP contribution in [0.4, 0.5) is 19.3 Å². The molecule has 188 valence electrons. The molecule has 3 atom stereocenters. The number of fused-ring (bicyclic) bond motifs is 1. The standard InChI is InChI=1S/C24H27F2N3O5S/c1-22(2,3)34-21(30)28-20-23(4,14-5-7-15(25)8-6-14)35(31,32)19-12-33-13-24(19,29-20)17-11-16(27)9-10-18(17)26/h5-11,19H,12-13,27H2,1-4H3,(H,28,29,30)/t19-,23-,24-/m1/s1. The first kappa shape index (κ1) is 25.1. The van der Waals surface area contributed by atoms with Crippen molar-refractivity contribution in [3.63, 3.8) is 0 Å². The van der Waals surface area contributed by atoms with Crippen LogP contribution in [-0.2, 0) is 29.6 Å². The average molecular weight is 508 g/mol. The normalized spacial score (nSPS) is 27.6. The van der Waals surface area contributed by atoms with Gasteiger partial charge in [0.15, 0.2) is 14.6 Å². The number of halogens is 2. The lowest BCUT2D eigenvalue weighted by molar-refractivity contribution is 0.0560. The van der Waals surface area contributed by atoms with Gasteiger partial charge in [-0.3, -0.25) is 10.3 Å². The van der Waals surface area contributed by atoms with Gasteiger partial charge in [-0.1, -0.05) is 12.1 Å². The molecule has 0 aliphatic carbocycles. The quantitative estimate of drug-likeness (QED) is 0.601. The van der Waals surface area contributed by atoms with Gasteiger partial charge in [-0.2, -0.15) is 0 Å². The van der Waals surface area contributed by atoms with Crippen LogP contribution in [0.3, 0.4) is 0 Å². The summed E-state index contributed by atoms with van der Waals surface area (Å²) in [6, 6.07) is 8.65. The van der Waals surface area contributed by atoms with Gasteiger partial charge in [-0.15, -0.1) is 0 Å². The Hall–Kier alpha value is -3.05. The van der Waals surface area contributed by atoms with Crippen molar-refractivity contribution in [3.8, 4) is 0 Å². The molecule has 3 N–H and O–H groups in total. The van der Waals surface area contributed by atoms with Crippen LogP contribution in [0, 0.1) is 11.6 Å². The van der Waals surface area contributed by atoms with E-state index >= 15 is 4.39 Å². The van der Waals surface area contributed by atoms with Crippen molar-refractivity contribution in [1.82, 2.24) is 5.32 Å². The molecule has 2 aromatic carbocycles. The third-order valence-corrected chi connectivity index (χ3v) is 9.14. The number of carbonyl (C=O) groups excluding carboxylic acids is 1. The number of nitrogens with two attached hydrogens (primary N) is 1. The highest BCUT2D eigenvalue weighted by molar-refractivity contribution is 7.94. The van der Waals surface area contributed by atoms with Gasteiger partial charge in [-0.25, -0.2) is 22.0 Å². The molecular weight excluding hydrogens is 480 g/mol. The Bertz CT molecular complexity index is 1310. The molecule has 0 radical (unpaired) electrons. The number of nitrogens with zero attached hydrogens (tertiary/aromatic N) is 1. The zero-order chi connectivity index (χ0) is 25.8. The van der Waals surface area contributed by atoms with Crippen LogP contribution < -0.4 is 11.1 Å². The summed E-state index contributed by atoms with van der Waals surface area (Å²) in [6.07, 6.45) is -0.944. The number of benzene rings is 2. The van der Waals surface area contributed by atoms with Gasteiger partial charge in [0.1, 0.15) is 33.9 Å². The highest BCUT2D eigenvalue weighted by Crippen LogP contribution is 2.50. The van der Waals surface area contributed by atoms with Crippen molar-refractivity contribution in [3.05, 3.63) is 65.2 Å². The maximum atomic E-state index is 15.1. The summed E-state index contributed by atoms with van der Waals surface area (Å²) in [5.74, 6) is -1.57. The molecule has 0 aromatic heterocycles. The first-order valence-corrected chi connectivity index (χ1v) is 12.5. The molecule has 35 heavy (non-hydrogen) atoms. The Morgan fingerprint density at radius 3 is 2.49 bits per heavy atom. The maximum Gasteiger partial charge on any atom is 0.413 e. The van der Waals surface area contributed by atoms with E-state index in [0.29, 0.717) is 0 Å². The molecule has 4 rings (SSSR count). The van der Waals surface area contributed by atoms with Crippen LogP contribution in [0.5, 0.6) is 0 Å². The van der Waals surface area contributed by atoms with Crippen molar-refractivity contribution in [1.29, 1.82) is 0 Å². The first-order chi connectivity index (χ1) is 16.2. The summed E-state index contributed by atoms with van der Waals surface area (Å²) in [5, 5.41) is 1.18. The predicted molar refractivity (Wildman–Crippen MR) is 127 cm³/mol. The highest BCUT2D eigenvalue weighted by Gasteiger charge is 2.64. The van der Waals surface area contributed by atoms with E-state index in [9.17, 15) is 17.6 Å². The summed E-state index contributed by atoms with van der Waals surface area (Å²) in [7, 11) is -4.30. The number of amidine groups is 1. The monoisotopic (exact) mass is 507 g/mol. The molecule has 1 fully saturated rings. The molecular formula is C24H27F2N3O5S. The Balaban J connectivity index is 1.99. The van der Waals surface area contributed by atoms with Gasteiger partial charge < -0.3 is 15.2 Å². The summed E-state index contributed by atoms with van der Waals surface area (Å²) < 4.78 is 66.3. The summed E-state index contributed by atoms with van der Waals surface area (Å²) in [6.45, 7) is 5.80. The summed E-state index contributed by atoms with van der Waals surface area (Å²) >= 11 is 0. The van der Waals surface area contributed by atoms with Crippen LogP contribution in [0.25, 0.3) is 0 Å². The molecule has 1 saturated heterocycles. The largest absolute Gasteiger partial charge is 0.444 e. The van der Waals surface area contributed by atoms with Crippen molar-refractivity contribution in [2.24, 2.45) is 4.99 Å². The SMILES string of the molecule is CC(C)(C)OC(=O)NC1=N[C@@]2(c3cc(N)ccc3F)COC[C@H]2S(=O)(=O)[C@]1(C)c1ccc(F)cc1. The molecule has 0 unspecified atom stereocenters. The minimum atomic E-state index is -4.30. The number of hydrogen-bond donors (Lipinski definition) is 2. The molecule has 0 spiro atoms. The minimum absolute atomic E-state index is 0.0618. The van der Waals surface area contributed by atoms with E-state index in [4.69, 9.17) is 15.2 Å². The Morgan fingerprint density at radius 2 is 1.86 bits per heavy atom. The number of alkyl carbamates (subject to hydrolysis) is 1. The molecule has 11 heteroatoms. The number of sulfone groups is 1. The maximum absolute atomic E-state index is 15.1. The van der Waals surface area contributed by atoms with E-state index < -0.39 is 48.7 Å². The van der Waals surface area contributed by atoms with Gasteiger partial charge in [0, 0.05) is 11.3 Å². The molecule has 2 aliphatic heterocycles. The number of hydrogen-bond acceptors (Lipinski definition) is 7. The number of nitrogen functional groups attached to an aromatic ring is 1. The lowest BCUT2D eigenvalue weighted by Gasteiger charge is -2.44. The third kappa shape index (κ3) is 4.06. The molecule has 8 nitrogen and oxygen atoms in total. The number of nitrogens with one attached hydrogen (secondary N) is 1. The lowest BCUT2D eigenvalue weighted by Crippen LogP contribution is -2.62. The van der Waals surface area contributed by atoms with Crippen molar-refractivity contribution < 1.29 is 31.5 Å². The van der Waals surface area contributed by atoms with Crippen LogP contribution in [-0.4, -0.2) is 44.4 Å². The van der Waals surface area contributed by atoms with E-state index in [-0.39, 0.29) is 35.9 Å². The number of anilines is 1. The lowest BCUT2D eigenvalue weighted by atomic mass is 9.87. The number of aliphatic imine (C=N–C) groups is 1. The smallest absolute Gasteiger partial charge is 0.413 e.